The number of ether oxygens (including phenoxy) is 3. The van der Waals surface area contributed by atoms with Crippen LogP contribution in [0.3, 0.4) is 0 Å². The molecule has 37 heavy (non-hydrogen) atoms. The number of nitrogens with two attached hydrogens (primary N) is 1. The number of rotatable bonds is 7. The van der Waals surface area contributed by atoms with Gasteiger partial charge in [0.15, 0.2) is 0 Å². The zero-order chi connectivity index (χ0) is 26.8. The van der Waals surface area contributed by atoms with Gasteiger partial charge in [0, 0.05) is 51.7 Å². The molecule has 1 aromatic carbocycles. The number of anilines is 1. The van der Waals surface area contributed by atoms with Crippen molar-refractivity contribution in [3.8, 4) is 17.0 Å². The van der Waals surface area contributed by atoms with Crippen molar-refractivity contribution in [1.29, 1.82) is 0 Å². The van der Waals surface area contributed by atoms with E-state index in [1.54, 1.807) is 13.2 Å². The summed E-state index contributed by atoms with van der Waals surface area (Å²) in [4.78, 5) is 16.2. The third kappa shape index (κ3) is 8.27. The Morgan fingerprint density at radius 1 is 1.16 bits per heavy atom. The van der Waals surface area contributed by atoms with E-state index in [0.29, 0.717) is 11.7 Å². The van der Waals surface area contributed by atoms with E-state index < -0.39 is 34.6 Å². The van der Waals surface area contributed by atoms with Gasteiger partial charge in [-0.3, -0.25) is 9.48 Å². The molecule has 200 valence electrons. The normalized spacial score (nSPS) is 15.4. The number of nitrogens with one attached hydrogen (secondary N) is 1. The molecule has 1 aliphatic rings. The summed E-state index contributed by atoms with van der Waals surface area (Å²) >= 11 is 0. The highest BCUT2D eigenvalue weighted by atomic mass is 19.1. The lowest BCUT2D eigenvalue weighted by Crippen LogP contribution is -2.19. The third-order valence-electron chi connectivity index (χ3n) is 5.35. The Morgan fingerprint density at radius 2 is 1.92 bits per heavy atom. The Kier molecular flexibility index (Phi) is 10.4. The van der Waals surface area contributed by atoms with E-state index in [2.05, 4.69) is 15.4 Å². The first-order valence-electron chi connectivity index (χ1n) is 11.7. The Labute approximate surface area is 212 Å². The minimum absolute atomic E-state index is 0.0771. The minimum atomic E-state index is -1.08. The fourth-order valence-corrected chi connectivity index (χ4v) is 3.46. The smallest absolute Gasteiger partial charge is 0.274 e. The van der Waals surface area contributed by atoms with E-state index in [0.717, 1.165) is 56.7 Å². The molecule has 1 amide bonds. The lowest BCUT2D eigenvalue weighted by molar-refractivity contribution is 0.102. The molecular formula is C25H30F3N5O4. The summed E-state index contributed by atoms with van der Waals surface area (Å²) in [5, 5.41) is 6.42. The average Bonchev–Trinajstić information content (AvgIpc) is 3.11. The van der Waals surface area contributed by atoms with Gasteiger partial charge in [0.05, 0.1) is 24.1 Å². The molecule has 3 N–H and O–H groups in total. The predicted octanol–water partition coefficient (Wildman–Crippen LogP) is 3.69. The number of pyridine rings is 1. The van der Waals surface area contributed by atoms with Crippen molar-refractivity contribution in [2.45, 2.75) is 25.3 Å². The van der Waals surface area contributed by atoms with Crippen molar-refractivity contribution in [3.63, 3.8) is 0 Å². The van der Waals surface area contributed by atoms with Crippen LogP contribution in [0.1, 0.15) is 29.8 Å². The second-order valence-corrected chi connectivity index (χ2v) is 8.29. The molecular weight excluding hydrogens is 491 g/mol. The van der Waals surface area contributed by atoms with Gasteiger partial charge < -0.3 is 25.3 Å². The van der Waals surface area contributed by atoms with Crippen LogP contribution in [0.2, 0.25) is 0 Å². The quantitative estimate of drug-likeness (QED) is 0.456. The summed E-state index contributed by atoms with van der Waals surface area (Å²) < 4.78 is 59.9. The third-order valence-corrected chi connectivity index (χ3v) is 5.35. The molecule has 2 aromatic heterocycles. The average molecular weight is 522 g/mol. The van der Waals surface area contributed by atoms with Gasteiger partial charge in [0.1, 0.15) is 41.2 Å². The van der Waals surface area contributed by atoms with Crippen LogP contribution < -0.4 is 15.8 Å². The van der Waals surface area contributed by atoms with Crippen molar-refractivity contribution in [2.24, 2.45) is 12.8 Å². The van der Waals surface area contributed by atoms with E-state index in [1.165, 1.54) is 18.0 Å². The predicted molar refractivity (Wildman–Crippen MR) is 131 cm³/mol. The fourth-order valence-electron chi connectivity index (χ4n) is 3.46. The fraction of sp³-hybridized carbons (Fsp3) is 0.400. The van der Waals surface area contributed by atoms with Crippen LogP contribution in [-0.4, -0.2) is 60.3 Å². The van der Waals surface area contributed by atoms with E-state index in [-0.39, 0.29) is 24.7 Å². The topological polar surface area (TPSA) is 114 Å². The number of amides is 1. The van der Waals surface area contributed by atoms with E-state index in [9.17, 15) is 18.0 Å². The number of aryl methyl sites for hydroxylation is 1. The summed E-state index contributed by atoms with van der Waals surface area (Å²) in [6.45, 7) is 2.09. The number of carbonyl (C=O) groups excluding carboxylic acids is 1. The van der Waals surface area contributed by atoms with Gasteiger partial charge in [0.2, 0.25) is 0 Å². The molecule has 1 aliphatic heterocycles. The number of nitrogens with zero attached hydrogens (tertiary/aromatic N) is 3. The maximum atomic E-state index is 14.5. The summed E-state index contributed by atoms with van der Waals surface area (Å²) in [5.74, 6) is -3.89. The maximum absolute atomic E-state index is 14.5. The Hall–Kier alpha value is -3.48. The maximum Gasteiger partial charge on any atom is 0.274 e. The number of hydrogen-bond donors (Lipinski definition) is 2. The van der Waals surface area contributed by atoms with Crippen molar-refractivity contribution >= 4 is 11.6 Å². The Balaban J connectivity index is 0.000000405. The lowest BCUT2D eigenvalue weighted by Gasteiger charge is -2.11. The summed E-state index contributed by atoms with van der Waals surface area (Å²) in [5.41, 5.74) is 4.51. The summed E-state index contributed by atoms with van der Waals surface area (Å²) in [7, 11) is 3.12. The minimum Gasteiger partial charge on any atom is -0.491 e. The largest absolute Gasteiger partial charge is 0.491 e. The number of methoxy groups -OCH3 is 1. The van der Waals surface area contributed by atoms with Crippen molar-refractivity contribution in [3.05, 3.63) is 59.8 Å². The second-order valence-electron chi connectivity index (χ2n) is 8.29. The molecule has 3 aromatic rings. The van der Waals surface area contributed by atoms with Gasteiger partial charge in [-0.25, -0.2) is 18.2 Å². The Morgan fingerprint density at radius 3 is 2.59 bits per heavy atom. The molecule has 1 unspecified atom stereocenters. The van der Waals surface area contributed by atoms with Crippen LogP contribution in [-0.2, 0) is 16.5 Å². The second kappa shape index (κ2) is 13.7. The molecule has 3 heterocycles. The summed E-state index contributed by atoms with van der Waals surface area (Å²) in [6.07, 6.45) is 6.27. The molecule has 9 nitrogen and oxygen atoms in total. The van der Waals surface area contributed by atoms with Crippen LogP contribution in [0.15, 0.2) is 36.7 Å². The SMILES string of the molecule is COCCOc1cc(F)c(-c2nc(C(=O)Nc3cnn(C)c3)ccc2F)c(F)c1.NC1CCCOCC1. The van der Waals surface area contributed by atoms with Crippen molar-refractivity contribution in [1.82, 2.24) is 14.8 Å². The zero-order valence-electron chi connectivity index (χ0n) is 20.7. The molecule has 1 atom stereocenters. The zero-order valence-corrected chi connectivity index (χ0v) is 20.7. The van der Waals surface area contributed by atoms with Gasteiger partial charge in [-0.2, -0.15) is 5.10 Å². The standard InChI is InChI=1S/C19H17F3N4O3.C6H13NO/c1-26-10-11(9-23-26)24-19(27)16-4-3-13(20)18(25-16)17-14(21)7-12(8-15(17)22)29-6-5-28-2;7-6-2-1-4-8-5-3-6/h3-4,7-10H,5-6H2,1-2H3,(H,24,27);6H,1-5,7H2. The van der Waals surface area contributed by atoms with Crippen molar-refractivity contribution in [2.75, 3.05) is 38.9 Å². The van der Waals surface area contributed by atoms with Gasteiger partial charge >= 0.3 is 0 Å². The first kappa shape index (κ1) is 28.1. The number of hydrogen-bond acceptors (Lipinski definition) is 7. The van der Waals surface area contributed by atoms with Gasteiger partial charge in [0.25, 0.3) is 5.91 Å². The van der Waals surface area contributed by atoms with Gasteiger partial charge in [-0.05, 0) is 31.4 Å². The highest BCUT2D eigenvalue weighted by Gasteiger charge is 2.21. The number of aromatic nitrogens is 3. The summed E-state index contributed by atoms with van der Waals surface area (Å²) in [6, 6.07) is 4.26. The molecule has 12 heteroatoms. The molecule has 4 rings (SSSR count). The number of halogens is 3. The highest BCUT2D eigenvalue weighted by Crippen LogP contribution is 2.30. The molecule has 0 saturated carbocycles. The number of carbonyl (C=O) groups is 1. The first-order valence-corrected chi connectivity index (χ1v) is 11.7. The van der Waals surface area contributed by atoms with E-state index >= 15 is 0 Å². The monoisotopic (exact) mass is 521 g/mol. The molecule has 0 radical (unpaired) electrons. The lowest BCUT2D eigenvalue weighted by atomic mass is 10.1. The number of benzene rings is 1. The molecule has 1 fully saturated rings. The Bertz CT molecular complexity index is 1160. The molecule has 0 bridgehead atoms. The van der Waals surface area contributed by atoms with E-state index in [1.807, 2.05) is 0 Å². The van der Waals surface area contributed by atoms with Gasteiger partial charge in [-0.1, -0.05) is 0 Å². The molecule has 1 saturated heterocycles. The van der Waals surface area contributed by atoms with Crippen molar-refractivity contribution < 1.29 is 32.2 Å². The van der Waals surface area contributed by atoms with E-state index in [4.69, 9.17) is 19.9 Å². The van der Waals surface area contributed by atoms with Gasteiger partial charge in [-0.15, -0.1) is 0 Å². The van der Waals surface area contributed by atoms with Crippen LogP contribution in [0, 0.1) is 17.5 Å². The molecule has 0 spiro atoms. The molecule has 0 aliphatic carbocycles. The highest BCUT2D eigenvalue weighted by molar-refractivity contribution is 6.03. The van der Waals surface area contributed by atoms with Crippen LogP contribution in [0.25, 0.3) is 11.3 Å². The van der Waals surface area contributed by atoms with Crippen LogP contribution in [0.4, 0.5) is 18.9 Å². The first-order chi connectivity index (χ1) is 17.8. The van der Waals surface area contributed by atoms with Crippen LogP contribution in [0.5, 0.6) is 5.75 Å². The van der Waals surface area contributed by atoms with Crippen LogP contribution >= 0.6 is 0 Å².